The number of carbonyl (C=O) groups excluding carboxylic acids is 1. The predicted molar refractivity (Wildman–Crippen MR) is 104 cm³/mol. The number of anilines is 1. The van der Waals surface area contributed by atoms with E-state index in [4.69, 9.17) is 0 Å². The zero-order valence-electron chi connectivity index (χ0n) is 15.8. The van der Waals surface area contributed by atoms with E-state index in [0.717, 1.165) is 32.4 Å². The quantitative estimate of drug-likeness (QED) is 0.643. The van der Waals surface area contributed by atoms with Gasteiger partial charge in [0.2, 0.25) is 21.9 Å². The van der Waals surface area contributed by atoms with Crippen molar-refractivity contribution in [1.82, 2.24) is 19.2 Å². The fourth-order valence-electron chi connectivity index (χ4n) is 3.60. The van der Waals surface area contributed by atoms with Crippen molar-refractivity contribution < 1.29 is 13.2 Å². The third-order valence-corrected chi connectivity index (χ3v) is 7.18. The van der Waals surface area contributed by atoms with Crippen LogP contribution in [0.15, 0.2) is 18.5 Å². The largest absolute Gasteiger partial charge is 0.339 e. The van der Waals surface area contributed by atoms with Gasteiger partial charge in [0.1, 0.15) is 0 Å². The van der Waals surface area contributed by atoms with Crippen LogP contribution < -0.4 is 4.90 Å². The first-order valence-electron chi connectivity index (χ1n) is 9.84. The highest BCUT2D eigenvalue weighted by Crippen LogP contribution is 2.15. The number of piperidine rings is 1. The summed E-state index contributed by atoms with van der Waals surface area (Å²) in [5.74, 6) is 0.964. The predicted octanol–water partition coefficient (Wildman–Crippen LogP) is 1.11. The molecular formula is C18H29N5O3S. The molecular weight excluding hydrogens is 366 g/mol. The normalized spacial score (nSPS) is 19.3. The van der Waals surface area contributed by atoms with Gasteiger partial charge in [0.15, 0.2) is 0 Å². The Labute approximate surface area is 161 Å². The standard InChI is InChI=1S/C18H29N5O3S/c24-17(7-2-5-16-27(25,26)23-10-3-1-4-11-23)21-12-14-22(15-13-21)18-19-8-6-9-20-18/h6,8-9H,1-5,7,10-16H2. The van der Waals surface area contributed by atoms with E-state index in [-0.39, 0.29) is 11.7 Å². The molecule has 8 nitrogen and oxygen atoms in total. The summed E-state index contributed by atoms with van der Waals surface area (Å²) in [4.78, 5) is 24.8. The number of amides is 1. The molecule has 0 spiro atoms. The van der Waals surface area contributed by atoms with Gasteiger partial charge in [-0.3, -0.25) is 4.79 Å². The van der Waals surface area contributed by atoms with E-state index in [1.54, 1.807) is 22.8 Å². The monoisotopic (exact) mass is 395 g/mol. The Kier molecular flexibility index (Phi) is 7.01. The van der Waals surface area contributed by atoms with Crippen LogP contribution in [0.2, 0.25) is 0 Å². The molecule has 2 saturated heterocycles. The second-order valence-corrected chi connectivity index (χ2v) is 9.24. The third kappa shape index (κ3) is 5.62. The number of hydrogen-bond donors (Lipinski definition) is 0. The maximum absolute atomic E-state index is 12.4. The first-order valence-corrected chi connectivity index (χ1v) is 11.4. The van der Waals surface area contributed by atoms with Crippen LogP contribution in [0.3, 0.4) is 0 Å². The van der Waals surface area contributed by atoms with Gasteiger partial charge in [0.05, 0.1) is 5.75 Å². The van der Waals surface area contributed by atoms with E-state index in [1.165, 1.54) is 0 Å². The van der Waals surface area contributed by atoms with Gasteiger partial charge >= 0.3 is 0 Å². The molecule has 0 N–H and O–H groups in total. The molecule has 150 valence electrons. The summed E-state index contributed by atoms with van der Waals surface area (Å²) in [6.45, 7) is 4.05. The molecule has 1 amide bonds. The minimum atomic E-state index is -3.16. The molecule has 1 aromatic rings. The van der Waals surface area contributed by atoms with E-state index in [0.29, 0.717) is 51.4 Å². The number of piperazine rings is 1. The Balaban J connectivity index is 1.35. The van der Waals surface area contributed by atoms with Gasteiger partial charge in [-0.2, -0.15) is 0 Å². The number of sulfonamides is 1. The highest BCUT2D eigenvalue weighted by Gasteiger charge is 2.24. The summed E-state index contributed by atoms with van der Waals surface area (Å²) < 4.78 is 26.2. The smallest absolute Gasteiger partial charge is 0.225 e. The number of rotatable bonds is 7. The van der Waals surface area contributed by atoms with Crippen molar-refractivity contribution in [2.24, 2.45) is 0 Å². The number of nitrogens with zero attached hydrogens (tertiary/aromatic N) is 5. The Morgan fingerprint density at radius 2 is 1.59 bits per heavy atom. The zero-order valence-corrected chi connectivity index (χ0v) is 16.6. The lowest BCUT2D eigenvalue weighted by atomic mass is 10.2. The van der Waals surface area contributed by atoms with Crippen LogP contribution >= 0.6 is 0 Å². The number of hydrogen-bond acceptors (Lipinski definition) is 6. The number of unbranched alkanes of at least 4 members (excludes halogenated alkanes) is 1. The van der Waals surface area contributed by atoms with Crippen molar-refractivity contribution in [3.8, 4) is 0 Å². The van der Waals surface area contributed by atoms with Gasteiger partial charge in [-0.05, 0) is 31.7 Å². The lowest BCUT2D eigenvalue weighted by molar-refractivity contribution is -0.131. The van der Waals surface area contributed by atoms with Crippen molar-refractivity contribution in [2.45, 2.75) is 38.5 Å². The van der Waals surface area contributed by atoms with Crippen LogP contribution in [-0.4, -0.2) is 78.5 Å². The Morgan fingerprint density at radius 1 is 0.926 bits per heavy atom. The maximum atomic E-state index is 12.4. The summed E-state index contributed by atoms with van der Waals surface area (Å²) in [6, 6.07) is 1.79. The molecule has 2 aliphatic rings. The van der Waals surface area contributed by atoms with E-state index < -0.39 is 10.0 Å². The number of carbonyl (C=O) groups is 1. The highest BCUT2D eigenvalue weighted by atomic mass is 32.2. The minimum Gasteiger partial charge on any atom is -0.339 e. The molecule has 0 aromatic carbocycles. The molecule has 0 atom stereocenters. The topological polar surface area (TPSA) is 86.7 Å². The second kappa shape index (κ2) is 9.45. The molecule has 0 radical (unpaired) electrons. The first-order chi connectivity index (χ1) is 13.1. The molecule has 3 heterocycles. The molecule has 3 rings (SSSR count). The summed E-state index contributed by atoms with van der Waals surface area (Å²) in [5, 5.41) is 0. The molecule has 0 bridgehead atoms. The van der Waals surface area contributed by atoms with Crippen molar-refractivity contribution in [1.29, 1.82) is 0 Å². The summed E-state index contributed by atoms with van der Waals surface area (Å²) in [7, 11) is -3.16. The first kappa shape index (κ1) is 20.0. The van der Waals surface area contributed by atoms with E-state index in [2.05, 4.69) is 14.9 Å². The Morgan fingerprint density at radius 3 is 2.26 bits per heavy atom. The average Bonchev–Trinajstić information content (AvgIpc) is 2.72. The van der Waals surface area contributed by atoms with Gasteiger partial charge in [-0.25, -0.2) is 22.7 Å². The van der Waals surface area contributed by atoms with Gasteiger partial charge < -0.3 is 9.80 Å². The molecule has 1 aromatic heterocycles. The van der Waals surface area contributed by atoms with Crippen molar-refractivity contribution in [3.05, 3.63) is 18.5 Å². The Bertz CT molecular complexity index is 699. The van der Waals surface area contributed by atoms with E-state index >= 15 is 0 Å². The van der Waals surface area contributed by atoms with Crippen LogP contribution in [0.5, 0.6) is 0 Å². The molecule has 2 aliphatic heterocycles. The van der Waals surface area contributed by atoms with Crippen molar-refractivity contribution in [3.63, 3.8) is 0 Å². The fraction of sp³-hybridized carbons (Fsp3) is 0.722. The van der Waals surface area contributed by atoms with Crippen LogP contribution in [0, 0.1) is 0 Å². The highest BCUT2D eigenvalue weighted by molar-refractivity contribution is 7.89. The number of aromatic nitrogens is 2. The molecule has 9 heteroatoms. The van der Waals surface area contributed by atoms with Crippen molar-refractivity contribution in [2.75, 3.05) is 49.9 Å². The van der Waals surface area contributed by atoms with Crippen LogP contribution in [0.4, 0.5) is 5.95 Å². The molecule has 0 unspecified atom stereocenters. The molecule has 2 fully saturated rings. The van der Waals surface area contributed by atoms with Crippen molar-refractivity contribution >= 4 is 21.9 Å². The summed E-state index contributed by atoms with van der Waals surface area (Å²) in [5.41, 5.74) is 0. The molecule has 0 aliphatic carbocycles. The average molecular weight is 396 g/mol. The lowest BCUT2D eigenvalue weighted by Gasteiger charge is -2.34. The van der Waals surface area contributed by atoms with Gasteiger partial charge in [0.25, 0.3) is 0 Å². The van der Waals surface area contributed by atoms with E-state index in [9.17, 15) is 13.2 Å². The lowest BCUT2D eigenvalue weighted by Crippen LogP contribution is -2.49. The zero-order chi connectivity index (χ0) is 19.1. The SMILES string of the molecule is O=C(CCCCS(=O)(=O)N1CCCCC1)N1CCN(c2ncccn2)CC1. The van der Waals surface area contributed by atoms with E-state index in [1.807, 2.05) is 4.90 Å². The van der Waals surface area contributed by atoms with Crippen LogP contribution in [0.25, 0.3) is 0 Å². The van der Waals surface area contributed by atoms with Crippen LogP contribution in [-0.2, 0) is 14.8 Å². The van der Waals surface area contributed by atoms with Gasteiger partial charge in [-0.15, -0.1) is 0 Å². The second-order valence-electron chi connectivity index (χ2n) is 7.15. The summed E-state index contributed by atoms with van der Waals surface area (Å²) in [6.07, 6.45) is 8.04. The summed E-state index contributed by atoms with van der Waals surface area (Å²) >= 11 is 0. The fourth-order valence-corrected chi connectivity index (χ4v) is 5.24. The third-order valence-electron chi connectivity index (χ3n) is 5.22. The minimum absolute atomic E-state index is 0.110. The maximum Gasteiger partial charge on any atom is 0.225 e. The molecule has 0 saturated carbocycles. The Hall–Kier alpha value is -1.74. The van der Waals surface area contributed by atoms with Gasteiger partial charge in [0, 0.05) is 58.1 Å². The van der Waals surface area contributed by atoms with Gasteiger partial charge in [-0.1, -0.05) is 6.42 Å². The molecule has 27 heavy (non-hydrogen) atoms. The van der Waals surface area contributed by atoms with Crippen LogP contribution in [0.1, 0.15) is 38.5 Å².